The number of thiol groups is 2. The van der Waals surface area contributed by atoms with Gasteiger partial charge in [-0.05, 0) is 92.4 Å². The maximum Gasteiger partial charge on any atom is 0.326 e. The molecule has 107 heavy (non-hydrogen) atoms. The van der Waals surface area contributed by atoms with E-state index in [2.05, 4.69) is 114 Å². The van der Waals surface area contributed by atoms with Gasteiger partial charge in [0.05, 0.1) is 18.9 Å². The second kappa shape index (κ2) is 50.2. The summed E-state index contributed by atoms with van der Waals surface area (Å²) in [6.07, 6.45) is -3.19. The maximum atomic E-state index is 14.3. The zero-order valence-corrected chi connectivity index (χ0v) is 61.6. The minimum atomic E-state index is -1.79. The molecule has 0 aromatic carbocycles. The van der Waals surface area contributed by atoms with Crippen LogP contribution in [0.25, 0.3) is 0 Å². The lowest BCUT2D eigenvalue weighted by molar-refractivity contribution is -0.142. The van der Waals surface area contributed by atoms with Gasteiger partial charge in [0.1, 0.15) is 78.5 Å². The second-order valence-corrected chi connectivity index (χ2v) is 24.8. The molecule has 16 amide bonds. The molecule has 49 heteroatoms. The van der Waals surface area contributed by atoms with Gasteiger partial charge >= 0.3 is 5.97 Å². The molecule has 602 valence electrons. The number of primary amides is 3. The van der Waals surface area contributed by atoms with E-state index in [1.54, 1.807) is 0 Å². The number of nitrogens with zero attached hydrogens (tertiary/aromatic N) is 4. The Bertz CT molecular complexity index is 3240. The van der Waals surface area contributed by atoms with Gasteiger partial charge in [0, 0.05) is 44.1 Å². The first-order valence-corrected chi connectivity index (χ1v) is 34.4. The van der Waals surface area contributed by atoms with E-state index in [1.165, 1.54) is 34.6 Å². The van der Waals surface area contributed by atoms with E-state index in [4.69, 9.17) is 68.8 Å². The van der Waals surface area contributed by atoms with Crippen LogP contribution in [0.4, 0.5) is 0 Å². The number of nitrogens with two attached hydrogens (primary N) is 12. The Morgan fingerprint density at radius 3 is 0.757 bits per heavy atom. The van der Waals surface area contributed by atoms with Crippen LogP contribution < -0.4 is 138 Å². The van der Waals surface area contributed by atoms with E-state index in [0.717, 1.165) is 0 Å². The lowest BCUT2D eigenvalue weighted by Crippen LogP contribution is -2.60. The standard InChI is InChI=1S/C58H105N29O18S2/c1-24(59)41(91)84-34(20-39(61)89)50(100)85-35(21-40(62)90)51(101)87-36(22-106)52(102)78-27(4)44(94)76-25(2)42(92)75-26(3)43(93)77-28(5)45(95)79-29(10-6-16-71-55(63)64)46(96)81-32(13-9-19-74-58(69)70)49(99)86-37(23-107)53(103)82-30(11-7-17-72-56(65)66)47(97)80-31(12-8-18-73-57(67)68)48(98)83-33(54(104)105)14-15-38(60)88/h24-37,106-107H,6-23,59H2,1-5H3,(H2,60,88)(H2,61,89)(H2,62,90)(H,75,92)(H,76,94)(H,77,93)(H,78,102)(H,79,95)(H,80,97)(H,81,96)(H,82,103)(H,83,98)(H,84,91)(H,85,100)(H,86,99)(H,87,101)(H,104,105)(H4,63,64,71)(H4,65,66,72)(H4,67,68,73)(H4,69,70,74)/t24-,25-,26-,27-,28-,29-,30-,31-,32-,33-,34-,35-,36-,37-/m0/s1. The first kappa shape index (κ1) is 95.7. The Hall–Kier alpha value is -11.3. The summed E-state index contributed by atoms with van der Waals surface area (Å²) in [5.74, 6) is -19.8. The van der Waals surface area contributed by atoms with Gasteiger partial charge in [0.15, 0.2) is 23.8 Å². The maximum absolute atomic E-state index is 14.3. The van der Waals surface area contributed by atoms with Crippen molar-refractivity contribution in [1.82, 2.24) is 69.1 Å². The topological polar surface area (TPSA) is 828 Å². The molecule has 0 radical (unpaired) electrons. The number of carbonyl (C=O) groups is 17. The van der Waals surface area contributed by atoms with Crippen LogP contribution in [0, 0.1) is 0 Å². The minimum absolute atomic E-state index is 0.00789. The van der Waals surface area contributed by atoms with Gasteiger partial charge in [0.2, 0.25) is 94.5 Å². The van der Waals surface area contributed by atoms with Gasteiger partial charge in [-0.2, -0.15) is 25.3 Å². The molecule has 0 saturated carbocycles. The molecule has 0 aromatic heterocycles. The fraction of sp³-hybridized carbons (Fsp3) is 0.638. The highest BCUT2D eigenvalue weighted by atomic mass is 32.1. The molecule has 14 atom stereocenters. The van der Waals surface area contributed by atoms with Gasteiger partial charge < -0.3 is 143 Å². The molecule has 0 aliphatic heterocycles. The van der Waals surface area contributed by atoms with Crippen molar-refractivity contribution in [2.75, 3.05) is 37.7 Å². The van der Waals surface area contributed by atoms with E-state index >= 15 is 0 Å². The van der Waals surface area contributed by atoms with Gasteiger partial charge in [-0.3, -0.25) is 96.7 Å². The van der Waals surface area contributed by atoms with Crippen LogP contribution in [0.5, 0.6) is 0 Å². The molecule has 0 rings (SSSR count). The summed E-state index contributed by atoms with van der Waals surface area (Å²) in [7, 11) is 0. The van der Waals surface area contributed by atoms with Crippen LogP contribution in [0.3, 0.4) is 0 Å². The Labute approximate surface area is 625 Å². The molecule has 0 aliphatic rings. The van der Waals surface area contributed by atoms with Crippen molar-refractivity contribution in [3.05, 3.63) is 0 Å². The number of aliphatic carboxylic acids is 1. The minimum Gasteiger partial charge on any atom is -0.480 e. The van der Waals surface area contributed by atoms with Crippen molar-refractivity contribution in [3.8, 4) is 0 Å². The summed E-state index contributed by atoms with van der Waals surface area (Å²) in [4.78, 5) is 239. The largest absolute Gasteiger partial charge is 0.480 e. The molecule has 0 spiro atoms. The lowest BCUT2D eigenvalue weighted by Gasteiger charge is -2.27. The number of guanidine groups is 4. The molecule has 0 bridgehead atoms. The third-order valence-corrected chi connectivity index (χ3v) is 15.5. The summed E-state index contributed by atoms with van der Waals surface area (Å²) in [5.41, 5.74) is 65.1. The molecule has 38 N–H and O–H groups in total. The molecule has 0 unspecified atom stereocenters. The summed E-state index contributed by atoms with van der Waals surface area (Å²) in [6.45, 7) is 5.84. The van der Waals surface area contributed by atoms with Crippen molar-refractivity contribution in [2.45, 2.75) is 196 Å². The first-order chi connectivity index (χ1) is 49.9. The molecule has 0 aliphatic carbocycles. The SMILES string of the molecule is C[C@H](N)C(=O)N[C@@H](CC(N)=O)C(=O)N[C@@H](CC(N)=O)C(=O)N[C@@H](CS)C(=O)N[C@@H](C)C(=O)N[C@@H](C)C(=O)N[C@@H](C)C(=O)N[C@@H](C)C(=O)N[C@@H](CCCN=C(N)N)C(=O)N[C@@H](CCCN=C(N)N)C(=O)N[C@@H](CS)C(=O)N[C@@H](CCCN=C(N)N)C(=O)N[C@@H](CCCN=C(N)N)C(=O)N[C@@H](CCC(N)=O)C(=O)O. The molecule has 0 saturated heterocycles. The van der Waals surface area contributed by atoms with Crippen molar-refractivity contribution >= 4 is 150 Å². The van der Waals surface area contributed by atoms with E-state index in [9.17, 15) is 86.6 Å². The Kier molecular flexibility index (Phi) is 44.9. The molecule has 0 aromatic rings. The number of carbonyl (C=O) groups excluding carboxylic acids is 16. The summed E-state index contributed by atoms with van der Waals surface area (Å²) in [5, 5.41) is 40.5. The average Bonchev–Trinajstić information content (AvgIpc) is 0.870. The number of carboxylic acids is 1. The molecular weight excluding hydrogens is 1450 g/mol. The Balaban J connectivity index is 6.60. The van der Waals surface area contributed by atoms with E-state index in [0.29, 0.717) is 0 Å². The van der Waals surface area contributed by atoms with Gasteiger partial charge in [-0.1, -0.05) is 0 Å². The fourth-order valence-corrected chi connectivity index (χ4v) is 9.45. The number of rotatable bonds is 52. The van der Waals surface area contributed by atoms with Gasteiger partial charge in [-0.25, -0.2) is 4.79 Å². The third kappa shape index (κ3) is 40.6. The van der Waals surface area contributed by atoms with Crippen LogP contribution in [-0.4, -0.2) is 252 Å². The molecule has 0 heterocycles. The quantitative estimate of drug-likeness (QED) is 0.0116. The fourth-order valence-electron chi connectivity index (χ4n) is 8.94. The third-order valence-electron chi connectivity index (χ3n) is 14.7. The van der Waals surface area contributed by atoms with Crippen molar-refractivity contribution in [3.63, 3.8) is 0 Å². The van der Waals surface area contributed by atoms with Crippen LogP contribution in [-0.2, 0) is 81.5 Å². The number of amides is 16. The van der Waals surface area contributed by atoms with Crippen molar-refractivity contribution in [2.24, 2.45) is 88.8 Å². The summed E-state index contributed by atoms with van der Waals surface area (Å²) in [6, 6.07) is -21.2. The monoisotopic (exact) mass is 1560 g/mol. The number of nitrogens with one attached hydrogen (secondary N) is 13. The van der Waals surface area contributed by atoms with Crippen LogP contribution >= 0.6 is 25.3 Å². The van der Waals surface area contributed by atoms with Crippen LogP contribution in [0.1, 0.15) is 112 Å². The van der Waals surface area contributed by atoms with Gasteiger partial charge in [0.25, 0.3) is 0 Å². The number of carboxylic acid groups (broad SMARTS) is 1. The van der Waals surface area contributed by atoms with E-state index < -0.39 is 222 Å². The predicted octanol–water partition coefficient (Wildman–Crippen LogP) is -14.1. The Morgan fingerprint density at radius 2 is 0.505 bits per heavy atom. The summed E-state index contributed by atoms with van der Waals surface area (Å²) >= 11 is 8.33. The van der Waals surface area contributed by atoms with Gasteiger partial charge in [-0.15, -0.1) is 0 Å². The van der Waals surface area contributed by atoms with Crippen molar-refractivity contribution < 1.29 is 86.6 Å². The van der Waals surface area contributed by atoms with E-state index in [1.807, 2.05) is 0 Å². The van der Waals surface area contributed by atoms with Crippen LogP contribution in [0.2, 0.25) is 0 Å². The lowest BCUT2D eigenvalue weighted by atomic mass is 10.1. The zero-order chi connectivity index (χ0) is 82.0. The normalized spacial score (nSPS) is 14.7. The predicted molar refractivity (Wildman–Crippen MR) is 392 cm³/mol. The Morgan fingerprint density at radius 1 is 0.290 bits per heavy atom. The summed E-state index contributed by atoms with van der Waals surface area (Å²) < 4.78 is 0. The second-order valence-electron chi connectivity index (χ2n) is 24.1. The smallest absolute Gasteiger partial charge is 0.326 e. The number of hydrogen-bond donors (Lipinski definition) is 28. The number of aliphatic imine (C=N–C) groups is 4. The molecule has 0 fully saturated rings. The average molecular weight is 1560 g/mol. The zero-order valence-electron chi connectivity index (χ0n) is 59.8. The van der Waals surface area contributed by atoms with E-state index in [-0.39, 0.29) is 101 Å². The molecule has 47 nitrogen and oxygen atoms in total. The number of hydrogen-bond acceptors (Lipinski definition) is 24. The van der Waals surface area contributed by atoms with Crippen LogP contribution in [0.15, 0.2) is 20.0 Å². The highest BCUT2D eigenvalue weighted by molar-refractivity contribution is 7.80. The first-order valence-electron chi connectivity index (χ1n) is 33.2. The highest BCUT2D eigenvalue weighted by Crippen LogP contribution is 2.10. The van der Waals surface area contributed by atoms with Crippen molar-refractivity contribution in [1.29, 1.82) is 0 Å². The molecular formula is C58H105N29O18S2. The highest BCUT2D eigenvalue weighted by Gasteiger charge is 2.37.